The van der Waals surface area contributed by atoms with E-state index in [4.69, 9.17) is 48.7 Å². The number of nitrogens with zero attached hydrogens (tertiary/aromatic N) is 6. The molecule has 3 aliphatic heterocycles. The molecule has 0 unspecified atom stereocenters. The SMILES string of the molecule is COC(=O)C1=C(CN2CCN3C(=O)N(c4ccc(CCC(=O)O)cc4F)C[C@@H]3C2)NC(c2nccs2)=N[C@H]1c1ccc(F)cc1Cl.NC(N)=NCCC[C@H](N)C(=O)O. The van der Waals surface area contributed by atoms with Crippen molar-refractivity contribution in [2.24, 2.45) is 27.2 Å². The number of urea groups is 1. The summed E-state index contributed by atoms with van der Waals surface area (Å²) in [5.74, 6) is -3.28. The zero-order valence-electron chi connectivity index (χ0n) is 31.3. The van der Waals surface area contributed by atoms with Gasteiger partial charge < -0.3 is 42.4 Å². The molecule has 21 heteroatoms. The number of aliphatic imine (C=N–C) groups is 2. The van der Waals surface area contributed by atoms with Gasteiger partial charge in [-0.2, -0.15) is 0 Å². The van der Waals surface area contributed by atoms with Crippen LogP contribution in [0.4, 0.5) is 19.3 Å². The molecule has 58 heavy (non-hydrogen) atoms. The fraction of sp³-hybridized carbons (Fsp3) is 0.378. The number of rotatable bonds is 14. The number of fused-ring (bicyclic) bond motifs is 1. The Labute approximate surface area is 340 Å². The summed E-state index contributed by atoms with van der Waals surface area (Å²) in [6, 6.07) is 6.05. The number of aryl methyl sites for hydroxylation is 1. The van der Waals surface area contributed by atoms with Gasteiger partial charge in [0.2, 0.25) is 0 Å². The van der Waals surface area contributed by atoms with Gasteiger partial charge >= 0.3 is 23.9 Å². The topological polar surface area (TPSA) is 255 Å². The number of nitrogens with two attached hydrogens (primary N) is 3. The minimum Gasteiger partial charge on any atom is -0.481 e. The summed E-state index contributed by atoms with van der Waals surface area (Å²) >= 11 is 7.81. The molecule has 6 rings (SSSR count). The van der Waals surface area contributed by atoms with Crippen molar-refractivity contribution in [2.75, 3.05) is 51.3 Å². The van der Waals surface area contributed by atoms with E-state index in [0.29, 0.717) is 66.7 Å². The van der Waals surface area contributed by atoms with E-state index in [1.54, 1.807) is 22.5 Å². The Balaban J connectivity index is 0.000000464. The number of hydrogen-bond donors (Lipinski definition) is 6. The molecular weight excluding hydrogens is 802 g/mol. The van der Waals surface area contributed by atoms with E-state index in [1.807, 2.05) is 0 Å². The summed E-state index contributed by atoms with van der Waals surface area (Å²) in [5, 5.41) is 23.1. The Kier molecular flexibility index (Phi) is 14.7. The number of carbonyl (C=O) groups is 4. The number of aliphatic carboxylic acids is 2. The number of benzene rings is 2. The summed E-state index contributed by atoms with van der Waals surface area (Å²) in [5.41, 5.74) is 17.1. The summed E-state index contributed by atoms with van der Waals surface area (Å²) in [4.78, 5) is 65.7. The number of ether oxygens (including phenoxy) is 1. The lowest BCUT2D eigenvalue weighted by atomic mass is 9.95. The van der Waals surface area contributed by atoms with Crippen LogP contribution in [-0.4, -0.2) is 119 Å². The van der Waals surface area contributed by atoms with Crippen molar-refractivity contribution in [3.8, 4) is 0 Å². The Bertz CT molecular complexity index is 2100. The second kappa shape index (κ2) is 19.6. The molecule has 3 atom stereocenters. The molecule has 9 N–H and O–H groups in total. The van der Waals surface area contributed by atoms with Crippen LogP contribution in [0.1, 0.15) is 41.4 Å². The molecule has 3 aromatic rings. The summed E-state index contributed by atoms with van der Waals surface area (Å²) in [6.07, 6.45) is 2.66. The van der Waals surface area contributed by atoms with Gasteiger partial charge in [0.05, 0.1) is 24.4 Å². The highest BCUT2D eigenvalue weighted by atomic mass is 35.5. The van der Waals surface area contributed by atoms with Crippen molar-refractivity contribution in [1.82, 2.24) is 20.1 Å². The smallest absolute Gasteiger partial charge is 0.338 e. The monoisotopic (exact) mass is 844 g/mol. The van der Waals surface area contributed by atoms with Crippen LogP contribution in [-0.2, 0) is 25.5 Å². The number of methoxy groups -OCH3 is 1. The Morgan fingerprint density at radius 2 is 1.91 bits per heavy atom. The van der Waals surface area contributed by atoms with Gasteiger partial charge in [-0.05, 0) is 49.1 Å². The molecule has 0 aliphatic carbocycles. The van der Waals surface area contributed by atoms with Crippen molar-refractivity contribution in [2.45, 2.75) is 43.8 Å². The van der Waals surface area contributed by atoms with Crippen molar-refractivity contribution < 1.29 is 42.9 Å². The van der Waals surface area contributed by atoms with E-state index in [-0.39, 0.29) is 60.2 Å². The number of amidine groups is 1. The maximum Gasteiger partial charge on any atom is 0.338 e. The molecule has 0 radical (unpaired) electrons. The quantitative estimate of drug-likeness (QED) is 0.0592. The number of hydrogen-bond acceptors (Lipinski definition) is 12. The number of guanidine groups is 1. The lowest BCUT2D eigenvalue weighted by Gasteiger charge is -2.38. The van der Waals surface area contributed by atoms with Gasteiger partial charge in [-0.25, -0.2) is 23.4 Å². The molecule has 2 saturated heterocycles. The Morgan fingerprint density at radius 3 is 2.55 bits per heavy atom. The molecular formula is C37H43ClF2N10O7S. The largest absolute Gasteiger partial charge is 0.481 e. The average molecular weight is 845 g/mol. The standard InChI is InChI=1S/C31H29ClF2N6O5S.C6H14N4O2/c1-45-30(43)26-23(36-28(29-35-8-11-46-29)37-27(26)20-5-4-18(33)13-21(20)32)16-38-9-10-39-19(14-38)15-40(31(39)44)24-6-2-17(12-22(24)34)3-7-25(41)42;7-4(5(11)12)2-1-3-10-6(8)9/h2,4-6,8,11-13,19,27H,3,7,9-10,14-16H2,1H3,(H,36,37)(H,41,42);4H,1-3,7H2,(H,11,12)(H4,8,9,10)/t19-,27-;4-/m00/s1. The van der Waals surface area contributed by atoms with Crippen molar-refractivity contribution in [3.05, 3.63) is 92.0 Å². The fourth-order valence-corrected chi connectivity index (χ4v) is 7.49. The van der Waals surface area contributed by atoms with Crippen molar-refractivity contribution in [3.63, 3.8) is 0 Å². The molecule has 2 fully saturated rings. The van der Waals surface area contributed by atoms with Gasteiger partial charge in [0.25, 0.3) is 0 Å². The predicted molar refractivity (Wildman–Crippen MR) is 213 cm³/mol. The zero-order valence-corrected chi connectivity index (χ0v) is 32.9. The van der Waals surface area contributed by atoms with Crippen LogP contribution in [0, 0.1) is 11.6 Å². The number of thiazole rings is 1. The average Bonchev–Trinajstić information content (AvgIpc) is 3.84. The molecule has 2 amide bonds. The van der Waals surface area contributed by atoms with E-state index >= 15 is 4.39 Å². The number of amides is 2. The molecule has 310 valence electrons. The second-order valence-corrected chi connectivity index (χ2v) is 14.7. The molecule has 1 aromatic heterocycles. The fourth-order valence-electron chi connectivity index (χ4n) is 6.63. The van der Waals surface area contributed by atoms with E-state index in [2.05, 4.69) is 20.2 Å². The molecule has 3 aliphatic rings. The van der Waals surface area contributed by atoms with Crippen LogP contribution in [0.5, 0.6) is 0 Å². The number of carboxylic acid groups (broad SMARTS) is 2. The Hall–Kier alpha value is -5.70. The van der Waals surface area contributed by atoms with Gasteiger partial charge in [-0.3, -0.25) is 29.4 Å². The summed E-state index contributed by atoms with van der Waals surface area (Å²) in [6.45, 7) is 2.21. The number of esters is 1. The van der Waals surface area contributed by atoms with Crippen molar-refractivity contribution >= 4 is 64.4 Å². The van der Waals surface area contributed by atoms with Gasteiger partial charge in [0.1, 0.15) is 23.7 Å². The number of carbonyl (C=O) groups excluding carboxylic acids is 2. The van der Waals surface area contributed by atoms with Crippen LogP contribution in [0.3, 0.4) is 0 Å². The lowest BCUT2D eigenvalue weighted by molar-refractivity contribution is -0.139. The van der Waals surface area contributed by atoms with Crippen molar-refractivity contribution in [1.29, 1.82) is 0 Å². The van der Waals surface area contributed by atoms with Crippen LogP contribution in [0.25, 0.3) is 0 Å². The second-order valence-electron chi connectivity index (χ2n) is 13.4. The molecule has 2 aromatic carbocycles. The molecule has 4 heterocycles. The normalized spacial score (nSPS) is 18.4. The highest BCUT2D eigenvalue weighted by molar-refractivity contribution is 7.11. The highest BCUT2D eigenvalue weighted by Crippen LogP contribution is 2.37. The first-order chi connectivity index (χ1) is 27.7. The Morgan fingerprint density at radius 1 is 1.14 bits per heavy atom. The van der Waals surface area contributed by atoms with Gasteiger partial charge in [0, 0.05) is 73.5 Å². The number of aromatic nitrogens is 1. The maximum atomic E-state index is 15.1. The number of anilines is 1. The van der Waals surface area contributed by atoms with Crippen LogP contribution in [0.15, 0.2) is 69.2 Å². The van der Waals surface area contributed by atoms with Gasteiger partial charge in [0.15, 0.2) is 16.8 Å². The predicted octanol–water partition coefficient (Wildman–Crippen LogP) is 2.69. The van der Waals surface area contributed by atoms with Crippen LogP contribution >= 0.6 is 22.9 Å². The third-order valence-electron chi connectivity index (χ3n) is 9.46. The van der Waals surface area contributed by atoms with Crippen LogP contribution < -0.4 is 27.4 Å². The van der Waals surface area contributed by atoms with Gasteiger partial charge in [-0.15, -0.1) is 11.3 Å². The first-order valence-corrected chi connectivity index (χ1v) is 19.3. The summed E-state index contributed by atoms with van der Waals surface area (Å²) < 4.78 is 34.3. The molecule has 17 nitrogen and oxygen atoms in total. The lowest BCUT2D eigenvalue weighted by Crippen LogP contribution is -2.53. The van der Waals surface area contributed by atoms with E-state index in [1.165, 1.54) is 53.7 Å². The van der Waals surface area contributed by atoms with E-state index in [0.717, 1.165) is 0 Å². The molecule has 0 spiro atoms. The first-order valence-electron chi connectivity index (χ1n) is 18.0. The summed E-state index contributed by atoms with van der Waals surface area (Å²) in [7, 11) is 1.27. The number of halogens is 3. The zero-order chi connectivity index (χ0) is 42.1. The highest BCUT2D eigenvalue weighted by Gasteiger charge is 2.43. The van der Waals surface area contributed by atoms with Crippen LogP contribution in [0.2, 0.25) is 5.02 Å². The van der Waals surface area contributed by atoms with E-state index < -0.39 is 41.6 Å². The number of carboxylic acids is 2. The minimum atomic E-state index is -1.00. The molecule has 0 bridgehead atoms. The first kappa shape index (κ1) is 43.4. The van der Waals surface area contributed by atoms with E-state index in [9.17, 15) is 23.6 Å². The number of nitrogens with one attached hydrogen (secondary N) is 1. The maximum absolute atomic E-state index is 15.1. The third kappa shape index (κ3) is 10.8. The number of piperazine rings is 1. The molecule has 0 saturated carbocycles. The van der Waals surface area contributed by atoms with Gasteiger partial charge in [-0.1, -0.05) is 23.7 Å². The minimum absolute atomic E-state index is 0.0129. The third-order valence-corrected chi connectivity index (χ3v) is 10.6.